The van der Waals surface area contributed by atoms with Crippen molar-refractivity contribution in [3.05, 3.63) is 0 Å². The molecule has 5 heteroatoms. The van der Waals surface area contributed by atoms with Gasteiger partial charge < -0.3 is 4.90 Å². The zero-order valence-electron chi connectivity index (χ0n) is 11.9. The first-order valence-electron chi connectivity index (χ1n) is 7.75. The molecule has 2 aliphatic rings. The van der Waals surface area contributed by atoms with Crippen LogP contribution in [0.3, 0.4) is 0 Å². The van der Waals surface area contributed by atoms with Gasteiger partial charge in [-0.15, -0.1) is 0 Å². The standard InChI is InChI=1S/C14H28N4O/c15-16-14(19)7-3-4-8-17-9-11-18(12-10-17)13-5-1-2-6-13/h13H,1-12,15H2,(H,16,19). The molecular formula is C14H28N4O. The van der Waals surface area contributed by atoms with Crippen molar-refractivity contribution in [2.24, 2.45) is 5.84 Å². The van der Waals surface area contributed by atoms with Crippen LogP contribution in [-0.4, -0.2) is 54.5 Å². The SMILES string of the molecule is NNC(=O)CCCCN1CCN(C2CCCC2)CC1. The molecule has 1 heterocycles. The monoisotopic (exact) mass is 268 g/mol. The van der Waals surface area contributed by atoms with Gasteiger partial charge in [-0.3, -0.25) is 15.1 Å². The lowest BCUT2D eigenvalue weighted by Crippen LogP contribution is -2.49. The van der Waals surface area contributed by atoms with E-state index in [0.717, 1.165) is 25.4 Å². The number of rotatable bonds is 6. The maximum Gasteiger partial charge on any atom is 0.233 e. The van der Waals surface area contributed by atoms with E-state index in [9.17, 15) is 4.79 Å². The summed E-state index contributed by atoms with van der Waals surface area (Å²) in [6.07, 6.45) is 8.26. The third kappa shape index (κ3) is 4.75. The van der Waals surface area contributed by atoms with Crippen LogP contribution in [0.25, 0.3) is 0 Å². The number of carbonyl (C=O) groups is 1. The van der Waals surface area contributed by atoms with Gasteiger partial charge in [0, 0.05) is 38.6 Å². The zero-order chi connectivity index (χ0) is 13.5. The van der Waals surface area contributed by atoms with E-state index in [1.54, 1.807) is 0 Å². The first-order valence-corrected chi connectivity index (χ1v) is 7.75. The second kappa shape index (κ2) is 7.82. The summed E-state index contributed by atoms with van der Waals surface area (Å²) >= 11 is 0. The normalized spacial score (nSPS) is 22.8. The average molecular weight is 268 g/mol. The second-order valence-electron chi connectivity index (χ2n) is 5.84. The highest BCUT2D eigenvalue weighted by molar-refractivity contribution is 5.75. The van der Waals surface area contributed by atoms with Crippen LogP contribution in [0.2, 0.25) is 0 Å². The minimum Gasteiger partial charge on any atom is -0.301 e. The van der Waals surface area contributed by atoms with Crippen molar-refractivity contribution in [1.29, 1.82) is 0 Å². The van der Waals surface area contributed by atoms with Crippen molar-refractivity contribution in [3.63, 3.8) is 0 Å². The van der Waals surface area contributed by atoms with Gasteiger partial charge in [-0.2, -0.15) is 0 Å². The summed E-state index contributed by atoms with van der Waals surface area (Å²) in [5.74, 6) is 5.01. The molecular weight excluding hydrogens is 240 g/mol. The Morgan fingerprint density at radius 2 is 1.79 bits per heavy atom. The first kappa shape index (κ1) is 14.8. The summed E-state index contributed by atoms with van der Waals surface area (Å²) in [5.41, 5.74) is 2.18. The summed E-state index contributed by atoms with van der Waals surface area (Å²) < 4.78 is 0. The maximum absolute atomic E-state index is 11.0. The molecule has 0 spiro atoms. The van der Waals surface area contributed by atoms with Crippen molar-refractivity contribution in [1.82, 2.24) is 15.2 Å². The number of piperazine rings is 1. The zero-order valence-corrected chi connectivity index (χ0v) is 11.9. The van der Waals surface area contributed by atoms with Crippen molar-refractivity contribution < 1.29 is 4.79 Å². The number of carbonyl (C=O) groups excluding carboxylic acids is 1. The summed E-state index contributed by atoms with van der Waals surface area (Å²) in [6.45, 7) is 5.97. The molecule has 0 atom stereocenters. The number of nitrogens with zero attached hydrogens (tertiary/aromatic N) is 2. The number of nitrogens with two attached hydrogens (primary N) is 1. The molecule has 0 aromatic carbocycles. The lowest BCUT2D eigenvalue weighted by Gasteiger charge is -2.38. The molecule has 1 saturated carbocycles. The number of hydrazine groups is 1. The van der Waals surface area contributed by atoms with E-state index in [4.69, 9.17) is 5.84 Å². The molecule has 0 aromatic heterocycles. The molecule has 110 valence electrons. The molecule has 1 saturated heterocycles. The Balaban J connectivity index is 1.54. The van der Waals surface area contributed by atoms with E-state index in [0.29, 0.717) is 6.42 Å². The minimum atomic E-state index is -0.0500. The second-order valence-corrected chi connectivity index (χ2v) is 5.84. The predicted octanol–water partition coefficient (Wildman–Crippen LogP) is 0.707. The van der Waals surface area contributed by atoms with Crippen molar-refractivity contribution in [2.75, 3.05) is 32.7 Å². The van der Waals surface area contributed by atoms with Crippen LogP contribution < -0.4 is 11.3 Å². The predicted molar refractivity (Wildman–Crippen MR) is 76.5 cm³/mol. The van der Waals surface area contributed by atoms with Crippen LogP contribution >= 0.6 is 0 Å². The highest BCUT2D eigenvalue weighted by atomic mass is 16.2. The highest BCUT2D eigenvalue weighted by Gasteiger charge is 2.25. The van der Waals surface area contributed by atoms with Gasteiger partial charge in [0.2, 0.25) is 5.91 Å². The molecule has 2 rings (SSSR count). The Bertz CT molecular complexity index is 271. The molecule has 0 radical (unpaired) electrons. The molecule has 0 unspecified atom stereocenters. The summed E-state index contributed by atoms with van der Waals surface area (Å²) in [4.78, 5) is 16.2. The number of hydrogen-bond donors (Lipinski definition) is 2. The van der Waals surface area contributed by atoms with Gasteiger partial charge in [-0.25, -0.2) is 5.84 Å². The van der Waals surface area contributed by atoms with Crippen LogP contribution in [0.1, 0.15) is 44.9 Å². The quantitative estimate of drug-likeness (QED) is 0.322. The Morgan fingerprint density at radius 1 is 1.11 bits per heavy atom. The van der Waals surface area contributed by atoms with E-state index in [1.165, 1.54) is 51.9 Å². The molecule has 1 amide bonds. The minimum absolute atomic E-state index is 0.0500. The van der Waals surface area contributed by atoms with Gasteiger partial charge in [0.05, 0.1) is 0 Å². The number of nitrogens with one attached hydrogen (secondary N) is 1. The maximum atomic E-state index is 11.0. The van der Waals surface area contributed by atoms with Gasteiger partial charge in [0.1, 0.15) is 0 Å². The number of amides is 1. The molecule has 0 aromatic rings. The van der Waals surface area contributed by atoms with Crippen molar-refractivity contribution >= 4 is 5.91 Å². The summed E-state index contributed by atoms with van der Waals surface area (Å²) in [6, 6.07) is 0.871. The average Bonchev–Trinajstić information content (AvgIpc) is 2.98. The topological polar surface area (TPSA) is 61.6 Å². The van der Waals surface area contributed by atoms with Crippen LogP contribution in [0.4, 0.5) is 0 Å². The summed E-state index contributed by atoms with van der Waals surface area (Å²) in [7, 11) is 0. The molecule has 3 N–H and O–H groups in total. The van der Waals surface area contributed by atoms with Crippen molar-refractivity contribution in [2.45, 2.75) is 51.0 Å². The van der Waals surface area contributed by atoms with Crippen LogP contribution in [-0.2, 0) is 4.79 Å². The summed E-state index contributed by atoms with van der Waals surface area (Å²) in [5, 5.41) is 0. The number of hydrogen-bond acceptors (Lipinski definition) is 4. The fourth-order valence-electron chi connectivity index (χ4n) is 3.31. The van der Waals surface area contributed by atoms with Gasteiger partial charge in [0.15, 0.2) is 0 Å². The lowest BCUT2D eigenvalue weighted by atomic mass is 10.1. The number of unbranched alkanes of at least 4 members (excludes halogenated alkanes) is 1. The van der Waals surface area contributed by atoms with Gasteiger partial charge in [0.25, 0.3) is 0 Å². The van der Waals surface area contributed by atoms with E-state index in [2.05, 4.69) is 15.2 Å². The largest absolute Gasteiger partial charge is 0.301 e. The Kier molecular flexibility index (Phi) is 6.07. The molecule has 5 nitrogen and oxygen atoms in total. The molecule has 19 heavy (non-hydrogen) atoms. The fraction of sp³-hybridized carbons (Fsp3) is 0.929. The van der Waals surface area contributed by atoms with E-state index in [1.807, 2.05) is 0 Å². The van der Waals surface area contributed by atoms with Gasteiger partial charge >= 0.3 is 0 Å². The van der Waals surface area contributed by atoms with Crippen LogP contribution in [0, 0.1) is 0 Å². The molecule has 0 bridgehead atoms. The van der Waals surface area contributed by atoms with Crippen LogP contribution in [0.15, 0.2) is 0 Å². The first-order chi connectivity index (χ1) is 9.29. The Morgan fingerprint density at radius 3 is 2.42 bits per heavy atom. The smallest absolute Gasteiger partial charge is 0.233 e. The van der Waals surface area contributed by atoms with Crippen molar-refractivity contribution in [3.8, 4) is 0 Å². The third-order valence-corrected chi connectivity index (χ3v) is 4.54. The highest BCUT2D eigenvalue weighted by Crippen LogP contribution is 2.24. The molecule has 2 fully saturated rings. The Labute approximate surface area is 116 Å². The van der Waals surface area contributed by atoms with E-state index >= 15 is 0 Å². The third-order valence-electron chi connectivity index (χ3n) is 4.54. The molecule has 1 aliphatic heterocycles. The van der Waals surface area contributed by atoms with E-state index < -0.39 is 0 Å². The molecule has 1 aliphatic carbocycles. The van der Waals surface area contributed by atoms with Gasteiger partial charge in [-0.1, -0.05) is 12.8 Å². The lowest BCUT2D eigenvalue weighted by molar-refractivity contribution is -0.121. The fourth-order valence-corrected chi connectivity index (χ4v) is 3.31. The Hall–Kier alpha value is -0.650. The van der Waals surface area contributed by atoms with Gasteiger partial charge in [-0.05, 0) is 32.2 Å². The van der Waals surface area contributed by atoms with Crippen LogP contribution in [0.5, 0.6) is 0 Å². The van der Waals surface area contributed by atoms with E-state index in [-0.39, 0.29) is 5.91 Å².